The number of anilines is 1. The number of alkyl halides is 3. The van der Waals surface area contributed by atoms with E-state index in [1.807, 2.05) is 29.6 Å². The van der Waals surface area contributed by atoms with E-state index in [-0.39, 0.29) is 5.92 Å². The van der Waals surface area contributed by atoms with E-state index in [1.54, 1.807) is 0 Å². The molecule has 0 bridgehead atoms. The van der Waals surface area contributed by atoms with E-state index in [4.69, 9.17) is 4.42 Å². The lowest BCUT2D eigenvalue weighted by Crippen LogP contribution is -2.49. The average Bonchev–Trinajstić information content (AvgIpc) is 3.16. The fourth-order valence-corrected chi connectivity index (χ4v) is 4.28. The predicted octanol–water partition coefficient (Wildman–Crippen LogP) is 3.19. The lowest BCUT2D eigenvalue weighted by atomic mass is 9.93. The monoisotopic (exact) mass is 410 g/mol. The van der Waals surface area contributed by atoms with E-state index in [2.05, 4.69) is 14.8 Å². The Morgan fingerprint density at radius 2 is 1.79 bits per heavy atom. The van der Waals surface area contributed by atoms with Gasteiger partial charge in [0.2, 0.25) is 5.91 Å². The van der Waals surface area contributed by atoms with Gasteiger partial charge in [-0.15, -0.1) is 0 Å². The number of amides is 1. The molecule has 4 rings (SSSR count). The topological polar surface area (TPSA) is 61.6 Å². The fraction of sp³-hybridized carbons (Fsp3) is 0.600. The Bertz CT molecular complexity index is 805. The van der Waals surface area contributed by atoms with Crippen LogP contribution in [0.15, 0.2) is 28.7 Å². The number of nitrogens with one attached hydrogen (secondary N) is 1. The van der Waals surface area contributed by atoms with Crippen molar-refractivity contribution in [2.45, 2.75) is 37.9 Å². The van der Waals surface area contributed by atoms with E-state index >= 15 is 0 Å². The number of hydrogen-bond donors (Lipinski definition) is 1. The van der Waals surface area contributed by atoms with Gasteiger partial charge < -0.3 is 19.5 Å². The minimum atomic E-state index is -4.36. The molecule has 0 radical (unpaired) electrons. The van der Waals surface area contributed by atoms with Crippen molar-refractivity contribution in [1.82, 2.24) is 15.2 Å². The normalized spacial score (nSPS) is 20.3. The van der Waals surface area contributed by atoms with Gasteiger partial charge in [-0.05, 0) is 50.9 Å². The van der Waals surface area contributed by atoms with Crippen LogP contribution in [0.25, 0.3) is 11.1 Å². The van der Waals surface area contributed by atoms with Crippen LogP contribution in [-0.2, 0) is 4.79 Å². The van der Waals surface area contributed by atoms with Gasteiger partial charge in [0.1, 0.15) is 12.1 Å². The Balaban J connectivity index is 1.24. The van der Waals surface area contributed by atoms with Crippen LogP contribution < -0.4 is 10.2 Å². The molecule has 0 atom stereocenters. The maximum Gasteiger partial charge on any atom is 0.405 e. The number of oxazole rings is 1. The molecule has 2 aliphatic heterocycles. The second-order valence-corrected chi connectivity index (χ2v) is 7.83. The molecular weight excluding hydrogens is 385 g/mol. The van der Waals surface area contributed by atoms with Gasteiger partial charge in [0.15, 0.2) is 5.58 Å². The lowest BCUT2D eigenvalue weighted by Gasteiger charge is -2.41. The summed E-state index contributed by atoms with van der Waals surface area (Å²) >= 11 is 0. The molecule has 1 aromatic carbocycles. The molecule has 2 fully saturated rings. The molecule has 29 heavy (non-hydrogen) atoms. The number of benzene rings is 1. The number of hydrogen-bond acceptors (Lipinski definition) is 5. The lowest BCUT2D eigenvalue weighted by molar-refractivity contribution is -0.141. The summed E-state index contributed by atoms with van der Waals surface area (Å²) in [6.07, 6.45) is -1.20. The zero-order chi connectivity index (χ0) is 20.4. The number of rotatable bonds is 4. The molecule has 2 saturated heterocycles. The maximum atomic E-state index is 12.3. The van der Waals surface area contributed by atoms with Crippen LogP contribution in [0.1, 0.15) is 25.7 Å². The van der Waals surface area contributed by atoms with Crippen LogP contribution in [0.3, 0.4) is 0 Å². The Morgan fingerprint density at radius 1 is 1.10 bits per heavy atom. The van der Waals surface area contributed by atoms with Gasteiger partial charge in [0, 0.05) is 25.0 Å². The van der Waals surface area contributed by atoms with E-state index in [0.29, 0.717) is 24.9 Å². The second-order valence-electron chi connectivity index (χ2n) is 7.83. The number of likely N-dealkylation sites (tertiary alicyclic amines) is 1. The smallest absolute Gasteiger partial charge is 0.405 e. The molecule has 158 valence electrons. The van der Waals surface area contributed by atoms with Crippen LogP contribution in [0.4, 0.5) is 19.2 Å². The van der Waals surface area contributed by atoms with Crippen molar-refractivity contribution in [2.24, 2.45) is 5.92 Å². The largest absolute Gasteiger partial charge is 0.423 e. The van der Waals surface area contributed by atoms with Gasteiger partial charge in [-0.1, -0.05) is 12.1 Å². The van der Waals surface area contributed by atoms with E-state index in [1.165, 1.54) is 0 Å². The molecule has 1 amide bonds. The molecule has 6 nitrogen and oxygen atoms in total. The summed E-state index contributed by atoms with van der Waals surface area (Å²) in [5, 5.41) is 2.02. The highest BCUT2D eigenvalue weighted by molar-refractivity contribution is 5.78. The van der Waals surface area contributed by atoms with Gasteiger partial charge in [-0.2, -0.15) is 18.2 Å². The number of carbonyl (C=O) groups is 1. The SMILES string of the molecule is O=C(NCC(F)(F)F)C1CCN(C2CCN(c3nc4ccccc4o3)CC2)CC1. The Hall–Kier alpha value is -2.29. The van der Waals surface area contributed by atoms with Crippen LogP contribution in [-0.4, -0.2) is 60.7 Å². The first-order valence-electron chi connectivity index (χ1n) is 10.1. The molecule has 0 unspecified atom stereocenters. The number of para-hydroxylation sites is 2. The second kappa shape index (κ2) is 8.22. The van der Waals surface area contributed by atoms with Gasteiger partial charge in [-0.25, -0.2) is 0 Å². The molecule has 2 aromatic rings. The minimum absolute atomic E-state index is 0.326. The van der Waals surface area contributed by atoms with Gasteiger partial charge in [0.05, 0.1) is 0 Å². The number of halogens is 3. The van der Waals surface area contributed by atoms with E-state index < -0.39 is 18.6 Å². The zero-order valence-electron chi connectivity index (χ0n) is 16.1. The Labute approximate surface area is 167 Å². The summed E-state index contributed by atoms with van der Waals surface area (Å²) in [5.74, 6) is -0.804. The number of nitrogens with zero attached hydrogens (tertiary/aromatic N) is 3. The van der Waals surface area contributed by atoms with Gasteiger partial charge >= 0.3 is 6.18 Å². The van der Waals surface area contributed by atoms with E-state index in [9.17, 15) is 18.0 Å². The highest BCUT2D eigenvalue weighted by Gasteiger charge is 2.33. The van der Waals surface area contributed by atoms with Crippen molar-refractivity contribution in [1.29, 1.82) is 0 Å². The molecule has 0 saturated carbocycles. The van der Waals surface area contributed by atoms with Crippen molar-refractivity contribution in [2.75, 3.05) is 37.6 Å². The zero-order valence-corrected chi connectivity index (χ0v) is 16.1. The van der Waals surface area contributed by atoms with Crippen molar-refractivity contribution < 1.29 is 22.4 Å². The standard InChI is InChI=1S/C20H25F3N4O2/c21-20(22,23)13-24-18(28)14-5-9-26(10-6-14)15-7-11-27(12-8-15)19-25-16-3-1-2-4-17(16)29-19/h1-4,14-15H,5-13H2,(H,24,28). The quantitative estimate of drug-likeness (QED) is 0.839. The third kappa shape index (κ3) is 4.83. The van der Waals surface area contributed by atoms with Gasteiger partial charge in [-0.3, -0.25) is 4.79 Å². The maximum absolute atomic E-state index is 12.3. The summed E-state index contributed by atoms with van der Waals surface area (Å²) < 4.78 is 42.6. The molecule has 0 spiro atoms. The number of fused-ring (bicyclic) bond motifs is 1. The van der Waals surface area contributed by atoms with Crippen LogP contribution >= 0.6 is 0 Å². The summed E-state index contributed by atoms with van der Waals surface area (Å²) in [6, 6.07) is 8.79. The van der Waals surface area contributed by atoms with Gasteiger partial charge in [0.25, 0.3) is 6.01 Å². The Kier molecular flexibility index (Phi) is 5.67. The van der Waals surface area contributed by atoms with Crippen LogP contribution in [0.5, 0.6) is 0 Å². The molecular formula is C20H25F3N4O2. The summed E-state index contributed by atoms with van der Waals surface area (Å²) in [7, 11) is 0. The molecule has 0 aliphatic carbocycles. The average molecular weight is 410 g/mol. The summed E-state index contributed by atoms with van der Waals surface area (Å²) in [5.41, 5.74) is 1.64. The number of piperidine rings is 2. The van der Waals surface area contributed by atoms with E-state index in [0.717, 1.165) is 50.1 Å². The fourth-order valence-electron chi connectivity index (χ4n) is 4.28. The summed E-state index contributed by atoms with van der Waals surface area (Å²) in [4.78, 5) is 21.0. The molecule has 1 aromatic heterocycles. The third-order valence-electron chi connectivity index (χ3n) is 5.90. The third-order valence-corrected chi connectivity index (χ3v) is 5.90. The minimum Gasteiger partial charge on any atom is -0.423 e. The van der Waals surface area contributed by atoms with Crippen molar-refractivity contribution in [3.05, 3.63) is 24.3 Å². The first kappa shape index (κ1) is 20.0. The first-order valence-corrected chi connectivity index (χ1v) is 10.1. The van der Waals surface area contributed by atoms with Crippen molar-refractivity contribution in [3.63, 3.8) is 0 Å². The number of carbonyl (C=O) groups excluding carboxylic acids is 1. The van der Waals surface area contributed by atoms with Crippen molar-refractivity contribution >= 4 is 23.0 Å². The first-order chi connectivity index (χ1) is 13.9. The predicted molar refractivity (Wildman–Crippen MR) is 103 cm³/mol. The highest BCUT2D eigenvalue weighted by Crippen LogP contribution is 2.28. The Morgan fingerprint density at radius 3 is 2.45 bits per heavy atom. The number of aromatic nitrogens is 1. The molecule has 3 heterocycles. The van der Waals surface area contributed by atoms with Crippen LogP contribution in [0.2, 0.25) is 0 Å². The molecule has 1 N–H and O–H groups in total. The molecule has 9 heteroatoms. The highest BCUT2D eigenvalue weighted by atomic mass is 19.4. The summed E-state index contributed by atoms with van der Waals surface area (Å²) in [6.45, 7) is 1.95. The van der Waals surface area contributed by atoms with Crippen LogP contribution in [0, 0.1) is 5.92 Å². The molecule has 2 aliphatic rings. The van der Waals surface area contributed by atoms with Crippen molar-refractivity contribution in [3.8, 4) is 0 Å².